The van der Waals surface area contributed by atoms with E-state index in [1.165, 1.54) is 25.3 Å². The highest BCUT2D eigenvalue weighted by Crippen LogP contribution is 2.43. The molecule has 294 valence electrons. The molecule has 1 unspecified atom stereocenters. The van der Waals surface area contributed by atoms with E-state index in [1.54, 1.807) is 62.3 Å². The summed E-state index contributed by atoms with van der Waals surface area (Å²) in [5.74, 6) is -4.56. The van der Waals surface area contributed by atoms with Crippen LogP contribution < -0.4 is 9.47 Å². The summed E-state index contributed by atoms with van der Waals surface area (Å²) in [6.07, 6.45) is 5.35. The first-order valence-electron chi connectivity index (χ1n) is 17.6. The van der Waals surface area contributed by atoms with Crippen LogP contribution in [-0.4, -0.2) is 47.0 Å². The maximum Gasteiger partial charge on any atom is 0.347 e. The van der Waals surface area contributed by atoms with Crippen LogP contribution in [0.25, 0.3) is 0 Å². The van der Waals surface area contributed by atoms with Crippen molar-refractivity contribution >= 4 is 45.6 Å². The average molecular weight is 822 g/mol. The number of ether oxygens (including phenoxy) is 4. The lowest BCUT2D eigenvalue weighted by Crippen LogP contribution is -2.27. The monoisotopic (exact) mass is 820 g/mol. The Morgan fingerprint density at radius 2 is 1.42 bits per heavy atom. The molecule has 12 heteroatoms. The largest absolute Gasteiger partial charge is 0.506 e. The maximum absolute atomic E-state index is 13.9. The zero-order chi connectivity index (χ0) is 41.8. The molecule has 0 aliphatic heterocycles. The Bertz CT molecular complexity index is 2070. The summed E-state index contributed by atoms with van der Waals surface area (Å²) in [6, 6.07) is 0. The normalized spacial score (nSPS) is 14.8. The predicted molar refractivity (Wildman–Crippen MR) is 211 cm³/mol. The van der Waals surface area contributed by atoms with Crippen molar-refractivity contribution < 1.29 is 53.1 Å². The molecule has 0 spiro atoms. The van der Waals surface area contributed by atoms with E-state index < -0.39 is 35.5 Å². The van der Waals surface area contributed by atoms with Crippen LogP contribution >= 0.6 is 15.9 Å². The molecule has 2 N–H and O–H groups in total. The van der Waals surface area contributed by atoms with E-state index in [9.17, 15) is 34.2 Å². The number of carboxylic acids is 1. The summed E-state index contributed by atoms with van der Waals surface area (Å²) in [7, 11) is 1.34. The van der Waals surface area contributed by atoms with E-state index in [2.05, 4.69) is 36.4 Å². The molecule has 2 aromatic rings. The zero-order valence-corrected chi connectivity index (χ0v) is 35.0. The number of ketones is 1. The molecule has 0 saturated heterocycles. The maximum atomic E-state index is 13.9. The highest BCUT2D eigenvalue weighted by atomic mass is 79.9. The third-order valence-electron chi connectivity index (χ3n) is 9.95. The summed E-state index contributed by atoms with van der Waals surface area (Å²) in [5, 5.41) is 21.1. The molecule has 1 aliphatic rings. The Morgan fingerprint density at radius 1 is 0.873 bits per heavy atom. The number of methoxy groups -OCH3 is 1. The number of aromatic carboxylic acids is 1. The van der Waals surface area contributed by atoms with Gasteiger partial charge in [-0.3, -0.25) is 9.59 Å². The van der Waals surface area contributed by atoms with Crippen molar-refractivity contribution in [3.05, 3.63) is 108 Å². The lowest BCUT2D eigenvalue weighted by molar-refractivity contribution is -0.137. The van der Waals surface area contributed by atoms with Crippen molar-refractivity contribution in [1.82, 2.24) is 0 Å². The number of carbonyl (C=O) groups is 5. The van der Waals surface area contributed by atoms with Crippen LogP contribution in [0.15, 0.2) is 63.1 Å². The Morgan fingerprint density at radius 3 is 1.95 bits per heavy atom. The fraction of sp³-hybridized carbons (Fsp3) is 0.372. The minimum atomic E-state index is -1.07. The minimum absolute atomic E-state index is 0.0238. The third-order valence-corrected chi connectivity index (χ3v) is 10.7. The lowest BCUT2D eigenvalue weighted by atomic mass is 9.92. The van der Waals surface area contributed by atoms with Crippen LogP contribution in [0, 0.1) is 53.4 Å². The van der Waals surface area contributed by atoms with Gasteiger partial charge in [-0.25, -0.2) is 14.4 Å². The van der Waals surface area contributed by atoms with E-state index in [0.717, 1.165) is 6.42 Å². The molecule has 0 aromatic heterocycles. The smallest absolute Gasteiger partial charge is 0.347 e. The number of carbonyl (C=O) groups excluding carboxylic acids is 4. The Hall–Kier alpha value is -5.23. The first-order valence-corrected chi connectivity index (χ1v) is 18.4. The van der Waals surface area contributed by atoms with Crippen LogP contribution in [0.1, 0.15) is 102 Å². The van der Waals surface area contributed by atoms with Gasteiger partial charge in [0.15, 0.2) is 11.5 Å². The molecule has 0 saturated carbocycles. The number of phenolic OH excluding ortho intramolecular Hbond substituents is 1. The van der Waals surface area contributed by atoms with E-state index in [4.69, 9.17) is 18.9 Å². The summed E-state index contributed by atoms with van der Waals surface area (Å²) < 4.78 is 22.7. The molecule has 55 heavy (non-hydrogen) atoms. The molecule has 0 amide bonds. The molecule has 0 heterocycles. The second-order valence-corrected chi connectivity index (χ2v) is 15.0. The summed E-state index contributed by atoms with van der Waals surface area (Å²) in [6.45, 7) is 22.9. The molecular formula is C43H49BrO11. The lowest BCUT2D eigenvalue weighted by Gasteiger charge is -2.23. The van der Waals surface area contributed by atoms with Gasteiger partial charge in [0.05, 0.1) is 18.2 Å². The second kappa shape index (κ2) is 17.9. The first-order chi connectivity index (χ1) is 25.5. The van der Waals surface area contributed by atoms with Crippen LogP contribution in [0.4, 0.5) is 0 Å². The number of rotatable bonds is 13. The Labute approximate surface area is 330 Å². The fourth-order valence-corrected chi connectivity index (χ4v) is 6.67. The molecule has 2 aromatic carbocycles. The number of hydrogen-bond donors (Lipinski definition) is 2. The quantitative estimate of drug-likeness (QED) is 0.0651. The number of carboxylic acid groups (broad SMARTS) is 1. The van der Waals surface area contributed by atoms with Gasteiger partial charge in [0.1, 0.15) is 39.0 Å². The molecule has 1 atom stereocenters. The molecule has 0 bridgehead atoms. The number of phenols is 1. The van der Waals surface area contributed by atoms with E-state index in [1.807, 2.05) is 0 Å². The number of hydrogen-bond acceptors (Lipinski definition) is 10. The van der Waals surface area contributed by atoms with Crippen molar-refractivity contribution in [2.75, 3.05) is 7.11 Å². The van der Waals surface area contributed by atoms with Crippen molar-refractivity contribution in [2.24, 2.45) is 11.8 Å². The summed E-state index contributed by atoms with van der Waals surface area (Å²) in [5.41, 5.74) is 4.01. The van der Waals surface area contributed by atoms with Gasteiger partial charge in [-0.05, 0) is 159 Å². The molecule has 0 fully saturated rings. The number of allylic oxidation sites excluding steroid dienone is 4. The van der Waals surface area contributed by atoms with Crippen molar-refractivity contribution in [2.45, 2.75) is 89.0 Å². The van der Waals surface area contributed by atoms with E-state index in [0.29, 0.717) is 56.9 Å². The molecular weight excluding hydrogens is 772 g/mol. The van der Waals surface area contributed by atoms with Gasteiger partial charge in [0.2, 0.25) is 0 Å². The third kappa shape index (κ3) is 9.54. The zero-order valence-electron chi connectivity index (χ0n) is 33.5. The van der Waals surface area contributed by atoms with Crippen LogP contribution in [0.3, 0.4) is 0 Å². The topological polar surface area (TPSA) is 163 Å². The highest BCUT2D eigenvalue weighted by molar-refractivity contribution is 9.10. The number of benzene rings is 2. The standard InChI is InChI=1S/C43H49BrO11/c1-19(2)14-15-20(3)31(17-21(4)23(6)41(49)54-38-27(10)24(7)34(40(47)48)25(8)28(38)11)53-43(51)35-26(9)29(12)39(36(44)37(35)46)55-42(50)33-22(5)16-30(45)18-32(33)52-13/h16-19,33,46H,6,14-15H2,1-5,7-13H3,(H,47,48)/b21-17-,31-20+. The van der Waals surface area contributed by atoms with Crippen molar-refractivity contribution in [3.63, 3.8) is 0 Å². The summed E-state index contributed by atoms with van der Waals surface area (Å²) >= 11 is 3.30. The average Bonchev–Trinajstić information content (AvgIpc) is 3.11. The molecule has 3 rings (SSSR count). The van der Waals surface area contributed by atoms with Gasteiger partial charge in [-0.2, -0.15) is 0 Å². The summed E-state index contributed by atoms with van der Waals surface area (Å²) in [4.78, 5) is 64.6. The molecule has 0 radical (unpaired) electrons. The fourth-order valence-electron chi connectivity index (χ4n) is 6.09. The van der Waals surface area contributed by atoms with Gasteiger partial charge >= 0.3 is 23.9 Å². The molecule has 1 aliphatic carbocycles. The Balaban J connectivity index is 2.00. The van der Waals surface area contributed by atoms with Gasteiger partial charge in [0.25, 0.3) is 0 Å². The second-order valence-electron chi connectivity index (χ2n) is 14.2. The molecule has 11 nitrogen and oxygen atoms in total. The van der Waals surface area contributed by atoms with E-state index in [-0.39, 0.29) is 55.5 Å². The minimum Gasteiger partial charge on any atom is -0.506 e. The van der Waals surface area contributed by atoms with Gasteiger partial charge in [0, 0.05) is 6.08 Å². The Kier molecular flexibility index (Phi) is 14.4. The van der Waals surface area contributed by atoms with Gasteiger partial charge in [-0.1, -0.05) is 20.4 Å². The number of halogens is 1. The predicted octanol–water partition coefficient (Wildman–Crippen LogP) is 9.26. The van der Waals surface area contributed by atoms with Crippen LogP contribution in [0.5, 0.6) is 17.2 Å². The first kappa shape index (κ1) is 44.2. The highest BCUT2D eigenvalue weighted by Gasteiger charge is 2.34. The van der Waals surface area contributed by atoms with Gasteiger partial charge in [-0.15, -0.1) is 0 Å². The number of aromatic hydroxyl groups is 1. The van der Waals surface area contributed by atoms with Gasteiger partial charge < -0.3 is 29.2 Å². The van der Waals surface area contributed by atoms with Crippen molar-refractivity contribution in [1.29, 1.82) is 0 Å². The number of esters is 3. The van der Waals surface area contributed by atoms with Crippen molar-refractivity contribution in [3.8, 4) is 17.2 Å². The van der Waals surface area contributed by atoms with Crippen LogP contribution in [-0.2, 0) is 23.9 Å². The SMILES string of the molecule is C=C(C(=O)Oc1c(C)c(C)c(C(=O)O)c(C)c1C)/C(C)=C\C(OC(=O)c1c(C)c(C)c(OC(=O)C2C(C)=CC(=O)C=C2OC)c(Br)c1O)=C(\C)CCC(C)C. The van der Waals surface area contributed by atoms with Crippen LogP contribution in [0.2, 0.25) is 0 Å². The van der Waals surface area contributed by atoms with E-state index >= 15 is 0 Å².